The molecule has 2 aromatic carbocycles. The fraction of sp³-hybridized carbons (Fsp3) is 0.150. The first-order valence-corrected chi connectivity index (χ1v) is 8.88. The van der Waals surface area contributed by atoms with E-state index in [2.05, 4.69) is 35.4 Å². The maximum absolute atomic E-state index is 12.0. The Balaban J connectivity index is 1.55. The number of anilines is 1. The van der Waals surface area contributed by atoms with Crippen molar-refractivity contribution in [1.82, 2.24) is 4.98 Å². The molecule has 0 aliphatic carbocycles. The summed E-state index contributed by atoms with van der Waals surface area (Å²) >= 11 is 1.44. The van der Waals surface area contributed by atoms with Gasteiger partial charge in [-0.2, -0.15) is 5.26 Å². The lowest BCUT2D eigenvalue weighted by Crippen LogP contribution is -2.20. The number of hydrogen-bond acceptors (Lipinski definition) is 5. The zero-order chi connectivity index (χ0) is 18.4. The van der Waals surface area contributed by atoms with E-state index in [-0.39, 0.29) is 12.5 Å². The predicted molar refractivity (Wildman–Crippen MR) is 101 cm³/mol. The van der Waals surface area contributed by atoms with Crippen molar-refractivity contribution in [3.63, 3.8) is 0 Å². The molecule has 0 unspecified atom stereocenters. The van der Waals surface area contributed by atoms with Crippen LogP contribution in [0.15, 0.2) is 54.7 Å². The van der Waals surface area contributed by atoms with E-state index in [1.54, 1.807) is 30.5 Å². The standard InChI is InChI=1S/C20H17N3O2S/c1-14-5-4-6-15(9-14)10-17-12-22-20(26-17)23-19(24)13-25-18-8-3-2-7-16(18)11-21/h2-9,12H,10,13H2,1H3,(H,22,23,24). The van der Waals surface area contributed by atoms with Gasteiger partial charge in [-0.25, -0.2) is 4.98 Å². The zero-order valence-electron chi connectivity index (χ0n) is 14.2. The molecule has 3 rings (SSSR count). The molecule has 1 N–H and O–H groups in total. The number of amides is 1. The smallest absolute Gasteiger partial charge is 0.264 e. The normalized spacial score (nSPS) is 10.2. The van der Waals surface area contributed by atoms with Crippen molar-refractivity contribution in [2.45, 2.75) is 13.3 Å². The second kappa shape index (κ2) is 8.28. The summed E-state index contributed by atoms with van der Waals surface area (Å²) in [6.45, 7) is 1.89. The Bertz CT molecular complexity index is 959. The molecule has 5 nitrogen and oxygen atoms in total. The zero-order valence-corrected chi connectivity index (χ0v) is 15.0. The Kier molecular flexibility index (Phi) is 5.62. The minimum atomic E-state index is -0.311. The fourth-order valence-electron chi connectivity index (χ4n) is 2.45. The average molecular weight is 363 g/mol. The van der Waals surface area contributed by atoms with Crippen LogP contribution in [0.25, 0.3) is 0 Å². The molecule has 0 bridgehead atoms. The van der Waals surface area contributed by atoms with E-state index in [0.29, 0.717) is 16.4 Å². The third-order valence-corrected chi connectivity index (χ3v) is 4.54. The van der Waals surface area contributed by atoms with Crippen molar-refractivity contribution >= 4 is 22.4 Å². The van der Waals surface area contributed by atoms with Gasteiger partial charge in [-0.1, -0.05) is 42.0 Å². The highest BCUT2D eigenvalue weighted by Crippen LogP contribution is 2.22. The number of rotatable bonds is 6. The van der Waals surface area contributed by atoms with E-state index in [4.69, 9.17) is 10.00 Å². The predicted octanol–water partition coefficient (Wildman–Crippen LogP) is 3.93. The van der Waals surface area contributed by atoms with Crippen molar-refractivity contribution in [1.29, 1.82) is 5.26 Å². The summed E-state index contributed by atoms with van der Waals surface area (Å²) < 4.78 is 5.42. The molecule has 0 spiro atoms. The SMILES string of the molecule is Cc1cccc(Cc2cnc(NC(=O)COc3ccccc3C#N)s2)c1. The number of aryl methyl sites for hydroxylation is 1. The first kappa shape index (κ1) is 17.6. The summed E-state index contributed by atoms with van der Waals surface area (Å²) in [6, 6.07) is 17.1. The Hall–Kier alpha value is -3.17. The van der Waals surface area contributed by atoms with E-state index in [9.17, 15) is 4.79 Å². The van der Waals surface area contributed by atoms with Gasteiger partial charge in [-0.15, -0.1) is 11.3 Å². The summed E-state index contributed by atoms with van der Waals surface area (Å²) in [7, 11) is 0. The van der Waals surface area contributed by atoms with Gasteiger partial charge in [0.25, 0.3) is 5.91 Å². The monoisotopic (exact) mass is 363 g/mol. The van der Waals surface area contributed by atoms with Gasteiger partial charge in [0.1, 0.15) is 11.8 Å². The van der Waals surface area contributed by atoms with Crippen LogP contribution in [0.4, 0.5) is 5.13 Å². The molecule has 0 atom stereocenters. The lowest BCUT2D eigenvalue weighted by molar-refractivity contribution is -0.118. The number of benzene rings is 2. The number of nitriles is 1. The van der Waals surface area contributed by atoms with E-state index in [0.717, 1.165) is 11.3 Å². The summed E-state index contributed by atoms with van der Waals surface area (Å²) in [5, 5.41) is 12.3. The first-order chi connectivity index (χ1) is 12.6. The number of hydrogen-bond donors (Lipinski definition) is 1. The molecule has 130 valence electrons. The number of carbonyl (C=O) groups excluding carboxylic acids is 1. The molecule has 0 aliphatic rings. The van der Waals surface area contributed by atoms with E-state index in [1.165, 1.54) is 22.5 Å². The summed E-state index contributed by atoms with van der Waals surface area (Å²) in [5.41, 5.74) is 2.83. The Morgan fingerprint density at radius 1 is 1.27 bits per heavy atom. The van der Waals surface area contributed by atoms with Gasteiger partial charge in [-0.3, -0.25) is 10.1 Å². The highest BCUT2D eigenvalue weighted by molar-refractivity contribution is 7.15. The molecule has 6 heteroatoms. The van der Waals surface area contributed by atoms with E-state index >= 15 is 0 Å². The number of nitrogens with one attached hydrogen (secondary N) is 1. The lowest BCUT2D eigenvalue weighted by Gasteiger charge is -2.06. The van der Waals surface area contributed by atoms with Gasteiger partial charge in [0.05, 0.1) is 5.56 Å². The second-order valence-electron chi connectivity index (χ2n) is 5.74. The minimum Gasteiger partial charge on any atom is -0.482 e. The molecule has 26 heavy (non-hydrogen) atoms. The first-order valence-electron chi connectivity index (χ1n) is 8.06. The molecule has 1 heterocycles. The Morgan fingerprint density at radius 2 is 2.12 bits per heavy atom. The Labute approximate surface area is 155 Å². The van der Waals surface area contributed by atoms with Gasteiger partial charge >= 0.3 is 0 Å². The highest BCUT2D eigenvalue weighted by atomic mass is 32.1. The molecule has 0 saturated carbocycles. The minimum absolute atomic E-state index is 0.175. The number of ether oxygens (including phenoxy) is 1. The summed E-state index contributed by atoms with van der Waals surface area (Å²) in [5.74, 6) is 0.0821. The second-order valence-corrected chi connectivity index (χ2v) is 6.86. The number of nitrogens with zero attached hydrogens (tertiary/aromatic N) is 2. The summed E-state index contributed by atoms with van der Waals surface area (Å²) in [4.78, 5) is 17.4. The number of para-hydroxylation sites is 1. The van der Waals surface area contributed by atoms with Crippen molar-refractivity contribution in [3.05, 3.63) is 76.3 Å². The lowest BCUT2D eigenvalue weighted by atomic mass is 10.1. The maximum Gasteiger partial charge on any atom is 0.264 e. The van der Waals surface area contributed by atoms with Crippen LogP contribution in [0.1, 0.15) is 21.6 Å². The van der Waals surface area contributed by atoms with Crippen molar-refractivity contribution < 1.29 is 9.53 Å². The molecule has 0 aliphatic heterocycles. The molecule has 0 saturated heterocycles. The van der Waals surface area contributed by atoms with Crippen LogP contribution in [-0.2, 0) is 11.2 Å². The van der Waals surface area contributed by atoms with Gasteiger partial charge in [0.15, 0.2) is 11.7 Å². The van der Waals surface area contributed by atoms with E-state index in [1.807, 2.05) is 12.1 Å². The van der Waals surface area contributed by atoms with Crippen molar-refractivity contribution in [3.8, 4) is 11.8 Å². The fourth-order valence-corrected chi connectivity index (χ4v) is 3.32. The largest absolute Gasteiger partial charge is 0.482 e. The molecular weight excluding hydrogens is 346 g/mol. The quantitative estimate of drug-likeness (QED) is 0.720. The van der Waals surface area contributed by atoms with Crippen LogP contribution in [0.3, 0.4) is 0 Å². The number of carbonyl (C=O) groups is 1. The number of thiazole rings is 1. The van der Waals surface area contributed by atoms with Gasteiger partial charge < -0.3 is 4.74 Å². The number of aromatic nitrogens is 1. The van der Waals surface area contributed by atoms with Crippen LogP contribution in [0.2, 0.25) is 0 Å². The maximum atomic E-state index is 12.0. The van der Waals surface area contributed by atoms with Gasteiger partial charge in [0.2, 0.25) is 0 Å². The molecule has 0 fully saturated rings. The molecule has 3 aromatic rings. The van der Waals surface area contributed by atoms with Gasteiger partial charge in [-0.05, 0) is 24.6 Å². The van der Waals surface area contributed by atoms with Crippen LogP contribution < -0.4 is 10.1 Å². The van der Waals surface area contributed by atoms with Crippen LogP contribution in [0, 0.1) is 18.3 Å². The molecule has 1 amide bonds. The van der Waals surface area contributed by atoms with Crippen molar-refractivity contribution in [2.24, 2.45) is 0 Å². The van der Waals surface area contributed by atoms with Crippen molar-refractivity contribution in [2.75, 3.05) is 11.9 Å². The van der Waals surface area contributed by atoms with Crippen LogP contribution in [0.5, 0.6) is 5.75 Å². The molecule has 1 aromatic heterocycles. The van der Waals surface area contributed by atoms with Crippen LogP contribution in [-0.4, -0.2) is 17.5 Å². The van der Waals surface area contributed by atoms with E-state index < -0.39 is 0 Å². The highest BCUT2D eigenvalue weighted by Gasteiger charge is 2.10. The Morgan fingerprint density at radius 3 is 2.92 bits per heavy atom. The average Bonchev–Trinajstić information content (AvgIpc) is 3.07. The van der Waals surface area contributed by atoms with Gasteiger partial charge in [0, 0.05) is 17.5 Å². The topological polar surface area (TPSA) is 75.0 Å². The van der Waals surface area contributed by atoms with Crippen LogP contribution >= 0.6 is 11.3 Å². The molecular formula is C20H17N3O2S. The third kappa shape index (κ3) is 4.68. The third-order valence-electron chi connectivity index (χ3n) is 3.63. The summed E-state index contributed by atoms with van der Waals surface area (Å²) in [6.07, 6.45) is 2.55. The molecule has 0 radical (unpaired) electrons.